The molecule has 0 aliphatic rings. The Balaban J connectivity index is 1.19. The highest BCUT2D eigenvalue weighted by Crippen LogP contribution is 2.37. The van der Waals surface area contributed by atoms with E-state index in [4.69, 9.17) is 23.9 Å². The number of imidazole rings is 1. The summed E-state index contributed by atoms with van der Waals surface area (Å²) in [4.78, 5) is 5.33. The number of nitrogens with one attached hydrogen (secondary N) is 1. The quantitative estimate of drug-likeness (QED) is 0.227. The molecule has 0 unspecified atom stereocenters. The van der Waals surface area contributed by atoms with Crippen molar-refractivity contribution >= 4 is 33.0 Å². The van der Waals surface area contributed by atoms with Crippen molar-refractivity contribution in [2.75, 3.05) is 32.7 Å². The maximum atomic E-state index is 8.88. The van der Waals surface area contributed by atoms with E-state index in [-0.39, 0.29) is 0 Å². The summed E-state index contributed by atoms with van der Waals surface area (Å²) in [5.74, 6) is 2.02. The summed E-state index contributed by atoms with van der Waals surface area (Å²) in [5, 5.41) is 18.0. The lowest BCUT2D eigenvalue weighted by molar-refractivity contribution is 0.307. The van der Waals surface area contributed by atoms with Gasteiger partial charge in [0.1, 0.15) is 22.8 Å². The average Bonchev–Trinajstić information content (AvgIpc) is 3.61. The predicted molar refractivity (Wildman–Crippen MR) is 138 cm³/mol. The highest BCUT2D eigenvalue weighted by molar-refractivity contribution is 7.18. The largest absolute Gasteiger partial charge is 0.496 e. The smallest absolute Gasteiger partial charge is 0.294 e. The molecular formula is C26H25N5O4S. The summed E-state index contributed by atoms with van der Waals surface area (Å²) in [6.07, 6.45) is 4.77. The Kier molecular flexibility index (Phi) is 6.91. The molecule has 0 bridgehead atoms. The number of benzene rings is 2. The molecule has 0 radical (unpaired) electrons. The molecule has 0 saturated carbocycles. The second-order valence-electron chi connectivity index (χ2n) is 8.10. The topological polar surface area (TPSA) is 107 Å². The molecule has 5 rings (SSSR count). The number of fused-ring (bicyclic) bond motifs is 2. The average molecular weight is 504 g/mol. The second kappa shape index (κ2) is 10.6. The van der Waals surface area contributed by atoms with E-state index in [1.54, 1.807) is 18.7 Å². The van der Waals surface area contributed by atoms with Crippen molar-refractivity contribution in [2.24, 2.45) is 0 Å². The fraction of sp³-hybridized carbons (Fsp3) is 0.269. The van der Waals surface area contributed by atoms with E-state index in [1.165, 1.54) is 11.3 Å². The first-order valence-corrected chi connectivity index (χ1v) is 12.4. The first kappa shape index (κ1) is 23.5. The summed E-state index contributed by atoms with van der Waals surface area (Å²) in [6.45, 7) is 1.45. The maximum absolute atomic E-state index is 8.88. The summed E-state index contributed by atoms with van der Waals surface area (Å²) in [5.41, 5.74) is 3.05. The van der Waals surface area contributed by atoms with E-state index in [9.17, 15) is 0 Å². The predicted octanol–water partition coefficient (Wildman–Crippen LogP) is 5.75. The number of rotatable bonds is 11. The molecule has 3 aromatic heterocycles. The molecule has 36 heavy (non-hydrogen) atoms. The van der Waals surface area contributed by atoms with Crippen LogP contribution >= 0.6 is 11.3 Å². The summed E-state index contributed by atoms with van der Waals surface area (Å²) < 4.78 is 24.5. The zero-order valence-corrected chi connectivity index (χ0v) is 20.8. The van der Waals surface area contributed by atoms with E-state index in [0.717, 1.165) is 47.6 Å². The molecule has 0 atom stereocenters. The molecule has 184 valence electrons. The Morgan fingerprint density at radius 2 is 1.94 bits per heavy atom. The minimum absolute atomic E-state index is 0.555. The van der Waals surface area contributed by atoms with Gasteiger partial charge in [0.05, 0.1) is 44.0 Å². The van der Waals surface area contributed by atoms with E-state index >= 15 is 0 Å². The lowest BCUT2D eigenvalue weighted by Crippen LogP contribution is -2.03. The van der Waals surface area contributed by atoms with Gasteiger partial charge < -0.3 is 23.9 Å². The van der Waals surface area contributed by atoms with Gasteiger partial charge >= 0.3 is 0 Å². The molecule has 10 heteroatoms. The van der Waals surface area contributed by atoms with Crippen molar-refractivity contribution < 1.29 is 18.6 Å². The number of ether oxygens (including phenoxy) is 3. The van der Waals surface area contributed by atoms with Crippen LogP contribution in [-0.4, -0.2) is 42.0 Å². The molecular weight excluding hydrogens is 478 g/mol. The summed E-state index contributed by atoms with van der Waals surface area (Å²) in [7, 11) is 3.21. The van der Waals surface area contributed by atoms with Gasteiger partial charge in [0.2, 0.25) is 4.96 Å². The normalized spacial score (nSPS) is 11.0. The van der Waals surface area contributed by atoms with Crippen LogP contribution in [0, 0.1) is 11.3 Å². The van der Waals surface area contributed by atoms with Gasteiger partial charge in [-0.05, 0) is 60.9 Å². The van der Waals surface area contributed by atoms with Gasteiger partial charge in [0, 0.05) is 24.4 Å². The van der Waals surface area contributed by atoms with Crippen LogP contribution in [-0.2, 0) is 0 Å². The molecule has 1 N–H and O–H groups in total. The number of anilines is 1. The van der Waals surface area contributed by atoms with Crippen molar-refractivity contribution in [1.29, 1.82) is 5.26 Å². The highest BCUT2D eigenvalue weighted by Gasteiger charge is 2.17. The Morgan fingerprint density at radius 3 is 2.69 bits per heavy atom. The standard InChI is InChI=1S/C26H25N5O4S/c1-32-19-12-22(34-11-5-3-4-10-28-18-8-6-17(15-27)7-9-18)20-14-24(35-23(20)13-19)21-16-31-25(29-21)36-26(30-31)33-2/h6-9,12-14,16,28H,3-5,10-11H2,1-2H3. The van der Waals surface area contributed by atoms with Crippen LogP contribution in [0.25, 0.3) is 27.4 Å². The van der Waals surface area contributed by atoms with Crippen LogP contribution < -0.4 is 19.5 Å². The van der Waals surface area contributed by atoms with E-state index in [0.29, 0.717) is 40.2 Å². The molecule has 9 nitrogen and oxygen atoms in total. The third-order valence-corrected chi connectivity index (χ3v) is 6.57. The van der Waals surface area contributed by atoms with Crippen LogP contribution in [0.4, 0.5) is 5.69 Å². The zero-order valence-electron chi connectivity index (χ0n) is 20.0. The number of unbranched alkanes of at least 4 members (excludes halogenated alkanes) is 2. The number of nitriles is 1. The second-order valence-corrected chi connectivity index (χ2v) is 9.02. The maximum Gasteiger partial charge on any atom is 0.294 e. The van der Waals surface area contributed by atoms with Crippen LogP contribution in [0.2, 0.25) is 0 Å². The molecule has 3 heterocycles. The number of hydrogen-bond donors (Lipinski definition) is 1. The molecule has 0 aliphatic carbocycles. The SMILES string of the molecule is COc1cc(OCCCCCNc2ccc(C#N)cc2)c2cc(-c3cn4nc(OC)sc4n3)oc2c1. The summed E-state index contributed by atoms with van der Waals surface area (Å²) in [6, 6.07) is 15.3. The first-order chi connectivity index (χ1) is 17.7. The number of furan rings is 1. The van der Waals surface area contributed by atoms with Crippen LogP contribution in [0.15, 0.2) is 53.1 Å². The van der Waals surface area contributed by atoms with Crippen molar-refractivity contribution in [3.8, 4) is 34.2 Å². The molecule has 0 fully saturated rings. The third-order valence-electron chi connectivity index (χ3n) is 5.68. The molecule has 0 amide bonds. The van der Waals surface area contributed by atoms with Gasteiger partial charge in [-0.2, -0.15) is 5.26 Å². The van der Waals surface area contributed by atoms with E-state index in [1.807, 2.05) is 48.7 Å². The molecule has 2 aromatic carbocycles. The Labute approximate surface area is 211 Å². The number of aromatic nitrogens is 3. The van der Waals surface area contributed by atoms with E-state index in [2.05, 4.69) is 21.5 Å². The van der Waals surface area contributed by atoms with Crippen LogP contribution in [0.1, 0.15) is 24.8 Å². The van der Waals surface area contributed by atoms with Crippen LogP contribution in [0.5, 0.6) is 16.7 Å². The van der Waals surface area contributed by atoms with Gasteiger partial charge in [-0.25, -0.2) is 9.50 Å². The fourth-order valence-corrected chi connectivity index (χ4v) is 4.51. The van der Waals surface area contributed by atoms with E-state index < -0.39 is 0 Å². The Morgan fingerprint density at radius 1 is 1.08 bits per heavy atom. The third kappa shape index (κ3) is 5.06. The molecule has 5 aromatic rings. The minimum Gasteiger partial charge on any atom is -0.496 e. The number of methoxy groups -OCH3 is 2. The fourth-order valence-electron chi connectivity index (χ4n) is 3.81. The van der Waals surface area contributed by atoms with Gasteiger partial charge in [0.15, 0.2) is 5.76 Å². The summed E-state index contributed by atoms with van der Waals surface area (Å²) >= 11 is 1.36. The molecule has 0 aliphatic heterocycles. The first-order valence-electron chi connectivity index (χ1n) is 11.6. The van der Waals surface area contributed by atoms with Crippen molar-refractivity contribution in [2.45, 2.75) is 19.3 Å². The van der Waals surface area contributed by atoms with Gasteiger partial charge in [-0.1, -0.05) is 0 Å². The zero-order chi connectivity index (χ0) is 24.9. The minimum atomic E-state index is 0.555. The number of nitrogens with zero attached hydrogens (tertiary/aromatic N) is 4. The van der Waals surface area contributed by atoms with Gasteiger partial charge in [0.25, 0.3) is 5.19 Å². The van der Waals surface area contributed by atoms with Gasteiger partial charge in [-0.3, -0.25) is 0 Å². The number of hydrogen-bond acceptors (Lipinski definition) is 9. The highest BCUT2D eigenvalue weighted by atomic mass is 32.1. The Hall–Kier alpha value is -4.23. The van der Waals surface area contributed by atoms with Crippen molar-refractivity contribution in [3.63, 3.8) is 0 Å². The van der Waals surface area contributed by atoms with Crippen molar-refractivity contribution in [3.05, 3.63) is 54.2 Å². The lowest BCUT2D eigenvalue weighted by atomic mass is 10.2. The lowest BCUT2D eigenvalue weighted by Gasteiger charge is -2.09. The van der Waals surface area contributed by atoms with Crippen molar-refractivity contribution in [1.82, 2.24) is 14.6 Å². The molecule has 0 saturated heterocycles. The van der Waals surface area contributed by atoms with Crippen LogP contribution in [0.3, 0.4) is 0 Å². The van der Waals surface area contributed by atoms with Gasteiger partial charge in [-0.15, -0.1) is 5.10 Å². The monoisotopic (exact) mass is 503 g/mol. The Bertz CT molecular complexity index is 1480. The molecule has 0 spiro atoms.